The van der Waals surface area contributed by atoms with Gasteiger partial charge in [-0.25, -0.2) is 24.5 Å². The fraction of sp³-hybridized carbons (Fsp3) is 0.417. The van der Waals surface area contributed by atoms with Crippen LogP contribution in [0.1, 0.15) is 60.8 Å². The van der Waals surface area contributed by atoms with E-state index in [2.05, 4.69) is 38.0 Å². The Morgan fingerprint density at radius 3 is 2.64 bits per heavy atom. The number of pyridine rings is 1. The third-order valence-corrected chi connectivity index (χ3v) is 8.91. The molecule has 4 N–H and O–H groups in total. The third kappa shape index (κ3) is 7.90. The lowest BCUT2D eigenvalue weighted by Gasteiger charge is -2.34. The molecule has 2 aromatic heterocycles. The number of nitrogens with one attached hydrogen (secondary N) is 3. The molecule has 0 bridgehead atoms. The summed E-state index contributed by atoms with van der Waals surface area (Å²) in [4.78, 5) is 41.1. The zero-order valence-corrected chi connectivity index (χ0v) is 26.4. The number of alkyl carbamates (subject to hydrolysis) is 1. The van der Waals surface area contributed by atoms with E-state index in [1.807, 2.05) is 56.3 Å². The van der Waals surface area contributed by atoms with Crippen molar-refractivity contribution in [1.82, 2.24) is 20.3 Å². The number of aryl methyl sites for hydroxylation is 2. The lowest BCUT2D eigenvalue weighted by molar-refractivity contribution is -0.138. The number of nitrogens with zero attached hydrogens (tertiary/aromatic N) is 4. The first-order chi connectivity index (χ1) is 22.4. The largest absolute Gasteiger partial charge is 0.480 e. The SMILES string of the molecule is C.Cc1nc(NC[C@H](NC(=O)OCCc2cccc3ccccc23)C(=O)O)c(C)c(N2CCC(c3ccc4c(n3)NCCC4)CC2)n1. The molecule has 4 heterocycles. The predicted octanol–water partition coefficient (Wildman–Crippen LogP) is 5.85. The van der Waals surface area contributed by atoms with Gasteiger partial charge in [0, 0.05) is 49.8 Å². The normalized spacial score (nSPS) is 15.1. The van der Waals surface area contributed by atoms with Gasteiger partial charge in [-0.2, -0.15) is 0 Å². The van der Waals surface area contributed by atoms with Crippen molar-refractivity contribution in [3.63, 3.8) is 0 Å². The number of carbonyl (C=O) groups excluding carboxylic acids is 1. The first kappa shape index (κ1) is 33.4. The van der Waals surface area contributed by atoms with Crippen molar-refractivity contribution in [2.75, 3.05) is 48.3 Å². The van der Waals surface area contributed by atoms with Gasteiger partial charge in [-0.1, -0.05) is 56.0 Å². The topological polar surface area (TPSA) is 142 Å². The number of ether oxygens (including phenoxy) is 1. The van der Waals surface area contributed by atoms with Gasteiger partial charge in [0.15, 0.2) is 0 Å². The Bertz CT molecular complexity index is 1720. The number of fused-ring (bicyclic) bond motifs is 2. The highest BCUT2D eigenvalue weighted by Gasteiger charge is 2.27. The van der Waals surface area contributed by atoms with Crippen LogP contribution in [0, 0.1) is 13.8 Å². The summed E-state index contributed by atoms with van der Waals surface area (Å²) in [6.07, 6.45) is 3.89. The Morgan fingerprint density at radius 2 is 1.83 bits per heavy atom. The molecular formula is C36H45N7O4. The second-order valence-corrected chi connectivity index (χ2v) is 12.0. The van der Waals surface area contributed by atoms with Crippen molar-refractivity contribution in [3.05, 3.63) is 82.8 Å². The van der Waals surface area contributed by atoms with E-state index in [1.54, 1.807) is 0 Å². The zero-order valence-electron chi connectivity index (χ0n) is 26.4. The summed E-state index contributed by atoms with van der Waals surface area (Å²) in [6, 6.07) is 17.2. The number of anilines is 3. The summed E-state index contributed by atoms with van der Waals surface area (Å²) in [7, 11) is 0. The number of carbonyl (C=O) groups is 2. The van der Waals surface area contributed by atoms with Crippen molar-refractivity contribution < 1.29 is 19.4 Å². The van der Waals surface area contributed by atoms with Gasteiger partial charge in [0.2, 0.25) is 0 Å². The highest BCUT2D eigenvalue weighted by molar-refractivity contribution is 5.85. The number of piperidine rings is 1. The molecule has 0 spiro atoms. The van der Waals surface area contributed by atoms with E-state index in [9.17, 15) is 14.7 Å². The van der Waals surface area contributed by atoms with Gasteiger partial charge >= 0.3 is 12.1 Å². The molecule has 11 nitrogen and oxygen atoms in total. The highest BCUT2D eigenvalue weighted by atomic mass is 16.5. The number of aromatic nitrogens is 3. The maximum absolute atomic E-state index is 12.5. The van der Waals surface area contributed by atoms with Crippen LogP contribution in [0.25, 0.3) is 10.8 Å². The number of carboxylic acids is 1. The monoisotopic (exact) mass is 639 g/mol. The summed E-state index contributed by atoms with van der Waals surface area (Å²) < 4.78 is 5.36. The minimum Gasteiger partial charge on any atom is -0.480 e. The molecule has 1 fully saturated rings. The zero-order chi connectivity index (χ0) is 32.0. The molecule has 0 radical (unpaired) electrons. The van der Waals surface area contributed by atoms with E-state index >= 15 is 0 Å². The van der Waals surface area contributed by atoms with Gasteiger partial charge < -0.3 is 30.7 Å². The van der Waals surface area contributed by atoms with Crippen molar-refractivity contribution in [2.24, 2.45) is 0 Å². The molecular weight excluding hydrogens is 594 g/mol. The van der Waals surface area contributed by atoms with Gasteiger partial charge in [-0.05, 0) is 67.5 Å². The quantitative estimate of drug-likeness (QED) is 0.167. The van der Waals surface area contributed by atoms with Crippen LogP contribution in [0.5, 0.6) is 0 Å². The standard InChI is InChI=1S/C35H41N7O4.CH4/c1-22-31(37-21-30(34(43)44)41-35(45)46-20-16-25-9-5-8-24-7-3-4-11-28(24)25)38-23(2)39-33(22)42-18-14-26(15-19-42)29-13-12-27-10-6-17-36-32(27)40-29;/h3-5,7-9,11-13,26,30H,6,10,14-21H2,1-2H3,(H,36,40)(H,41,45)(H,43,44)(H,37,38,39);1H4/t30-;/m0./s1. The van der Waals surface area contributed by atoms with Gasteiger partial charge in [0.1, 0.15) is 29.3 Å². The van der Waals surface area contributed by atoms with E-state index in [1.165, 1.54) is 5.56 Å². The minimum absolute atomic E-state index is 0. The van der Waals surface area contributed by atoms with Crippen LogP contribution in [0.3, 0.4) is 0 Å². The van der Waals surface area contributed by atoms with Gasteiger partial charge in [0.25, 0.3) is 0 Å². The van der Waals surface area contributed by atoms with E-state index in [0.717, 1.165) is 84.5 Å². The van der Waals surface area contributed by atoms with Gasteiger partial charge in [-0.15, -0.1) is 0 Å². The average molecular weight is 640 g/mol. The summed E-state index contributed by atoms with van der Waals surface area (Å²) in [5.74, 6) is 2.22. The Kier molecular flexibility index (Phi) is 10.7. The van der Waals surface area contributed by atoms with Gasteiger partial charge in [-0.3, -0.25) is 0 Å². The second kappa shape index (κ2) is 15.1. The predicted molar refractivity (Wildman–Crippen MR) is 186 cm³/mol. The van der Waals surface area contributed by atoms with Crippen LogP contribution in [-0.4, -0.2) is 70.9 Å². The molecule has 0 unspecified atom stereocenters. The van der Waals surface area contributed by atoms with Crippen molar-refractivity contribution in [1.29, 1.82) is 0 Å². The number of carboxylic acid groups (broad SMARTS) is 1. The van der Waals surface area contributed by atoms with E-state index in [-0.39, 0.29) is 20.6 Å². The molecule has 1 amide bonds. The Morgan fingerprint density at radius 1 is 1.04 bits per heavy atom. The summed E-state index contributed by atoms with van der Waals surface area (Å²) in [6.45, 7) is 6.46. The van der Waals surface area contributed by atoms with Crippen LogP contribution in [0.4, 0.5) is 22.2 Å². The van der Waals surface area contributed by atoms with Gasteiger partial charge in [0.05, 0.1) is 6.61 Å². The molecule has 2 aromatic carbocycles. The molecule has 248 valence electrons. The molecule has 0 saturated carbocycles. The smallest absolute Gasteiger partial charge is 0.407 e. The molecule has 11 heteroatoms. The van der Waals surface area contributed by atoms with E-state index < -0.39 is 18.1 Å². The maximum Gasteiger partial charge on any atom is 0.407 e. The first-order valence-corrected chi connectivity index (χ1v) is 16.1. The van der Waals surface area contributed by atoms with Crippen LogP contribution >= 0.6 is 0 Å². The third-order valence-electron chi connectivity index (χ3n) is 8.91. The number of aliphatic carboxylic acids is 1. The summed E-state index contributed by atoms with van der Waals surface area (Å²) >= 11 is 0. The Labute approximate surface area is 276 Å². The summed E-state index contributed by atoms with van der Waals surface area (Å²) in [5, 5.41) is 21.1. The Hall–Kier alpha value is -4.93. The number of hydrogen-bond donors (Lipinski definition) is 4. The molecule has 47 heavy (non-hydrogen) atoms. The molecule has 1 atom stereocenters. The second-order valence-electron chi connectivity index (χ2n) is 12.0. The summed E-state index contributed by atoms with van der Waals surface area (Å²) in [5.41, 5.74) is 4.34. The van der Waals surface area contributed by atoms with Crippen molar-refractivity contribution in [2.45, 2.75) is 65.3 Å². The fourth-order valence-corrected chi connectivity index (χ4v) is 6.40. The number of amides is 1. The molecule has 2 aliphatic rings. The lowest BCUT2D eigenvalue weighted by Crippen LogP contribution is -2.45. The molecule has 4 aromatic rings. The highest BCUT2D eigenvalue weighted by Crippen LogP contribution is 2.33. The van der Waals surface area contributed by atoms with Crippen molar-refractivity contribution in [3.8, 4) is 0 Å². The van der Waals surface area contributed by atoms with Crippen LogP contribution in [0.15, 0.2) is 54.6 Å². The van der Waals surface area contributed by atoms with E-state index in [4.69, 9.17) is 14.7 Å². The van der Waals surface area contributed by atoms with Crippen LogP contribution in [-0.2, 0) is 22.4 Å². The Balaban J connectivity index is 0.00000433. The maximum atomic E-state index is 12.5. The fourth-order valence-electron chi connectivity index (χ4n) is 6.40. The van der Waals surface area contributed by atoms with Crippen LogP contribution < -0.4 is 20.9 Å². The average Bonchev–Trinajstić information content (AvgIpc) is 3.07. The molecule has 6 rings (SSSR count). The molecule has 0 aliphatic carbocycles. The van der Waals surface area contributed by atoms with Crippen LogP contribution in [0.2, 0.25) is 0 Å². The molecule has 2 aliphatic heterocycles. The van der Waals surface area contributed by atoms with Crippen molar-refractivity contribution >= 4 is 40.3 Å². The minimum atomic E-state index is -1.21. The number of benzene rings is 2. The van der Waals surface area contributed by atoms with E-state index in [0.29, 0.717) is 24.0 Å². The molecule has 1 saturated heterocycles. The number of rotatable bonds is 10. The number of hydrogen-bond acceptors (Lipinski definition) is 9. The first-order valence-electron chi connectivity index (χ1n) is 16.1. The lowest BCUT2D eigenvalue weighted by atomic mass is 9.92.